The Kier molecular flexibility index (Phi) is 14.4. The molecule has 0 saturated carbocycles. The predicted octanol–water partition coefficient (Wildman–Crippen LogP) is 4.33. The van der Waals surface area contributed by atoms with Crippen molar-refractivity contribution in [3.8, 4) is 11.1 Å². The molecule has 42 heavy (non-hydrogen) atoms. The van der Waals surface area contributed by atoms with Crippen LogP contribution in [0.5, 0.6) is 0 Å². The van der Waals surface area contributed by atoms with Gasteiger partial charge in [-0.05, 0) is 17.4 Å². The molecule has 4 heteroatoms. The summed E-state index contributed by atoms with van der Waals surface area (Å²) in [6.45, 7) is 22.5. The molecule has 0 spiro atoms. The fourth-order valence-electron chi connectivity index (χ4n) is 4.99. The van der Waals surface area contributed by atoms with Crippen molar-refractivity contribution in [2.75, 3.05) is 0 Å². The average Bonchev–Trinajstić information content (AvgIpc) is 3.42. The van der Waals surface area contributed by atoms with Gasteiger partial charge in [0.05, 0.1) is 0 Å². The molecule has 0 bridgehead atoms. The summed E-state index contributed by atoms with van der Waals surface area (Å²) in [4.78, 5) is 0. The molecule has 1 aliphatic carbocycles. The van der Waals surface area contributed by atoms with E-state index < -0.39 is 0 Å². The fraction of sp³-hybridized carbons (Fsp3) is 0.368. The van der Waals surface area contributed by atoms with Crippen LogP contribution in [0.4, 0.5) is 4.39 Å². The Morgan fingerprint density at radius 3 is 1.86 bits per heavy atom. The first kappa shape index (κ1) is 38.3. The molecule has 0 radical (unpaired) electrons. The van der Waals surface area contributed by atoms with E-state index in [1.807, 2.05) is 3.71 Å². The van der Waals surface area contributed by atoms with E-state index in [-0.39, 0.29) is 41.5 Å². The standard InChI is InChI=1S/C21H25.C10H15.C7H5F.2ClH.Zr/c1-20(2,3)16-9-7-14-11-15-8-10-17(21(4,5)6)13-19(15)18(14)12-16;1-7(2)10-6-8(3)5-9(10)4;1-6-2-4-7(8)5-3-6;;;/h7,9-10,12-13H,11H2,1-6H3;5-7H,1-4H3;1-5H;2*1H;/q2*-1;;;;+2/p-2. The Morgan fingerprint density at radius 2 is 1.40 bits per heavy atom. The molecule has 224 valence electrons. The Labute approximate surface area is 282 Å². The molecule has 0 amide bonds. The minimum absolute atomic E-state index is 0. The van der Waals surface area contributed by atoms with Crippen LogP contribution in [-0.4, -0.2) is 3.71 Å². The van der Waals surface area contributed by atoms with Gasteiger partial charge in [-0.3, -0.25) is 0 Å². The van der Waals surface area contributed by atoms with Crippen molar-refractivity contribution in [1.82, 2.24) is 0 Å². The summed E-state index contributed by atoms with van der Waals surface area (Å²) in [5.41, 5.74) is 14.2. The van der Waals surface area contributed by atoms with Crippen LogP contribution in [0.25, 0.3) is 11.1 Å². The third-order valence-corrected chi connectivity index (χ3v) is 8.29. The predicted molar refractivity (Wildman–Crippen MR) is 168 cm³/mol. The Morgan fingerprint density at radius 1 is 0.833 bits per heavy atom. The SMILES string of the molecule is CC(C)(C)c1c[c-]c2c(c1)-c1cc(C(C)(C)C)ccc1C2.Cc1cc(C(C)C)c(C)[cH-]1.Fc1ccc([CH]=[Zr+2])cc1.[Cl-].[Cl-]. The van der Waals surface area contributed by atoms with Crippen molar-refractivity contribution < 1.29 is 53.4 Å². The molecule has 4 aromatic rings. The maximum Gasteiger partial charge on any atom is -1.00 e. The quantitative estimate of drug-likeness (QED) is 0.244. The number of fused-ring (bicyclic) bond motifs is 3. The summed E-state index contributed by atoms with van der Waals surface area (Å²) in [5, 5.41) is 0. The summed E-state index contributed by atoms with van der Waals surface area (Å²) in [6, 6.07) is 26.1. The zero-order valence-electron chi connectivity index (χ0n) is 26.8. The molecule has 0 unspecified atom stereocenters. The smallest absolute Gasteiger partial charge is 1.00 e. The van der Waals surface area contributed by atoms with Crippen LogP contribution in [0.15, 0.2) is 66.7 Å². The van der Waals surface area contributed by atoms with Gasteiger partial charge in [0.1, 0.15) is 0 Å². The maximum absolute atomic E-state index is 12.2. The van der Waals surface area contributed by atoms with Crippen LogP contribution in [0.3, 0.4) is 0 Å². The molecule has 0 aliphatic heterocycles. The molecule has 0 nitrogen and oxygen atoms in total. The van der Waals surface area contributed by atoms with Crippen molar-refractivity contribution in [2.45, 2.75) is 92.4 Å². The molecule has 0 heterocycles. The number of aryl methyl sites for hydroxylation is 2. The minimum atomic E-state index is -0.170. The topological polar surface area (TPSA) is 0 Å². The summed E-state index contributed by atoms with van der Waals surface area (Å²) in [6.07, 6.45) is 1.03. The van der Waals surface area contributed by atoms with Gasteiger partial charge in [0.2, 0.25) is 0 Å². The van der Waals surface area contributed by atoms with Crippen molar-refractivity contribution in [3.63, 3.8) is 0 Å². The number of benzene rings is 3. The Hall–Kier alpha value is -1.73. The molecule has 0 fully saturated rings. The molecule has 4 aromatic carbocycles. The minimum Gasteiger partial charge on any atom is -1.00 e. The van der Waals surface area contributed by atoms with Gasteiger partial charge in [0, 0.05) is 0 Å². The average molecular weight is 683 g/mol. The van der Waals surface area contributed by atoms with Gasteiger partial charge in [-0.2, -0.15) is 52.1 Å². The number of rotatable bonds is 2. The van der Waals surface area contributed by atoms with Crippen LogP contribution >= 0.6 is 0 Å². The third kappa shape index (κ3) is 10.2. The molecule has 0 N–H and O–H groups in total. The summed E-state index contributed by atoms with van der Waals surface area (Å²) in [7, 11) is 0. The Balaban J connectivity index is 0.000000353. The molecule has 1 aliphatic rings. The number of hydrogen-bond donors (Lipinski definition) is 0. The van der Waals surface area contributed by atoms with Gasteiger partial charge in [-0.15, -0.1) is 5.56 Å². The number of halogens is 3. The summed E-state index contributed by atoms with van der Waals surface area (Å²) >= 11 is 1.34. The second kappa shape index (κ2) is 15.8. The molecule has 0 atom stereocenters. The first-order chi connectivity index (χ1) is 18.6. The maximum atomic E-state index is 12.2. The van der Waals surface area contributed by atoms with E-state index >= 15 is 0 Å². The van der Waals surface area contributed by atoms with E-state index in [4.69, 9.17) is 0 Å². The van der Waals surface area contributed by atoms with E-state index in [0.717, 1.165) is 12.0 Å². The van der Waals surface area contributed by atoms with E-state index in [9.17, 15) is 4.39 Å². The van der Waals surface area contributed by atoms with E-state index in [0.29, 0.717) is 5.92 Å². The van der Waals surface area contributed by atoms with Crippen LogP contribution in [0.1, 0.15) is 106 Å². The monoisotopic (exact) mass is 680 g/mol. The number of hydrogen-bond acceptors (Lipinski definition) is 0. The van der Waals surface area contributed by atoms with Crippen LogP contribution in [-0.2, 0) is 41.5 Å². The van der Waals surface area contributed by atoms with Crippen molar-refractivity contribution in [3.05, 3.63) is 123 Å². The second-order valence-corrected chi connectivity index (χ2v) is 14.1. The zero-order chi connectivity index (χ0) is 29.8. The Bertz CT molecular complexity index is 1390. The van der Waals surface area contributed by atoms with Crippen LogP contribution in [0.2, 0.25) is 0 Å². The van der Waals surface area contributed by atoms with Crippen molar-refractivity contribution >= 4 is 3.71 Å². The van der Waals surface area contributed by atoms with Crippen LogP contribution in [0, 0.1) is 25.7 Å². The first-order valence-corrected chi connectivity index (χ1v) is 15.7. The third-order valence-electron chi connectivity index (χ3n) is 7.47. The molecule has 0 saturated heterocycles. The largest absolute Gasteiger partial charge is 1.00 e. The van der Waals surface area contributed by atoms with E-state index in [2.05, 4.69) is 118 Å². The van der Waals surface area contributed by atoms with Gasteiger partial charge < -0.3 is 24.8 Å². The van der Waals surface area contributed by atoms with Crippen LogP contribution < -0.4 is 24.8 Å². The van der Waals surface area contributed by atoms with Gasteiger partial charge in [0.15, 0.2) is 0 Å². The molecule has 5 rings (SSSR count). The molecule has 0 aromatic heterocycles. The van der Waals surface area contributed by atoms with Crippen molar-refractivity contribution in [1.29, 1.82) is 0 Å². The molecular weight excluding hydrogens is 638 g/mol. The first-order valence-electron chi connectivity index (χ1n) is 14.3. The normalized spacial score (nSPS) is 11.6. The second-order valence-electron chi connectivity index (χ2n) is 13.4. The van der Waals surface area contributed by atoms with Gasteiger partial charge in [0.25, 0.3) is 0 Å². The van der Waals surface area contributed by atoms with Gasteiger partial charge in [-0.25, -0.2) is 6.07 Å². The molecular formula is C38H45Cl2FZr-2. The summed E-state index contributed by atoms with van der Waals surface area (Å²) < 4.78 is 14.2. The van der Waals surface area contributed by atoms with Gasteiger partial charge in [-0.1, -0.05) is 110 Å². The zero-order valence-corrected chi connectivity index (χ0v) is 30.8. The summed E-state index contributed by atoms with van der Waals surface area (Å²) in [5.74, 6) is 0.505. The van der Waals surface area contributed by atoms with Gasteiger partial charge >= 0.3 is 68.0 Å². The van der Waals surface area contributed by atoms with E-state index in [1.165, 1.54) is 86.4 Å². The fourth-order valence-corrected chi connectivity index (χ4v) is 5.46. The van der Waals surface area contributed by atoms with E-state index in [1.54, 1.807) is 12.1 Å². The van der Waals surface area contributed by atoms with Crippen molar-refractivity contribution in [2.24, 2.45) is 0 Å².